The molecule has 1 amide bonds. The first kappa shape index (κ1) is 11.3. The number of halogens is 1. The number of aromatic nitrogens is 1. The Morgan fingerprint density at radius 2 is 2.40 bits per heavy atom. The SMILES string of the molecule is NC(CNC(=O)c1ccc(Cl)cn1)=NO. The number of rotatable bonds is 3. The lowest BCUT2D eigenvalue weighted by atomic mass is 10.3. The Morgan fingerprint density at radius 1 is 1.67 bits per heavy atom. The van der Waals surface area contributed by atoms with Gasteiger partial charge in [0.05, 0.1) is 11.6 Å². The molecule has 1 rings (SSSR count). The van der Waals surface area contributed by atoms with Gasteiger partial charge in [0.25, 0.3) is 5.91 Å². The highest BCUT2D eigenvalue weighted by atomic mass is 35.5. The summed E-state index contributed by atoms with van der Waals surface area (Å²) in [5.74, 6) is -0.504. The predicted molar refractivity (Wildman–Crippen MR) is 55.0 cm³/mol. The highest BCUT2D eigenvalue weighted by molar-refractivity contribution is 6.30. The van der Waals surface area contributed by atoms with Crippen LogP contribution in [0, 0.1) is 0 Å². The van der Waals surface area contributed by atoms with Crippen LogP contribution in [0.1, 0.15) is 10.5 Å². The molecule has 0 radical (unpaired) electrons. The van der Waals surface area contributed by atoms with Crippen molar-refractivity contribution < 1.29 is 10.0 Å². The lowest BCUT2D eigenvalue weighted by molar-refractivity contribution is 0.0954. The molecule has 1 heterocycles. The molecule has 0 spiro atoms. The van der Waals surface area contributed by atoms with Gasteiger partial charge in [-0.1, -0.05) is 16.8 Å². The Balaban J connectivity index is 2.58. The molecule has 4 N–H and O–H groups in total. The fourth-order valence-corrected chi connectivity index (χ4v) is 0.919. The van der Waals surface area contributed by atoms with Crippen LogP contribution < -0.4 is 11.1 Å². The van der Waals surface area contributed by atoms with E-state index in [1.807, 2.05) is 0 Å². The molecule has 0 unspecified atom stereocenters. The van der Waals surface area contributed by atoms with Crippen molar-refractivity contribution in [2.75, 3.05) is 6.54 Å². The number of oxime groups is 1. The summed E-state index contributed by atoms with van der Waals surface area (Å²) in [6.07, 6.45) is 1.36. The van der Waals surface area contributed by atoms with Gasteiger partial charge in [-0.05, 0) is 12.1 Å². The molecule has 0 atom stereocenters. The van der Waals surface area contributed by atoms with Gasteiger partial charge < -0.3 is 16.3 Å². The van der Waals surface area contributed by atoms with Gasteiger partial charge in [0, 0.05) is 6.20 Å². The minimum atomic E-state index is -0.418. The average Bonchev–Trinajstić information content (AvgIpc) is 2.26. The molecule has 1 aromatic heterocycles. The van der Waals surface area contributed by atoms with Crippen molar-refractivity contribution in [2.24, 2.45) is 10.9 Å². The van der Waals surface area contributed by atoms with E-state index in [-0.39, 0.29) is 18.1 Å². The standard InChI is InChI=1S/C8H9ClN4O2/c9-5-1-2-6(11-3-5)8(14)12-4-7(10)13-15/h1-3,15H,4H2,(H2,10,13)(H,12,14). The summed E-state index contributed by atoms with van der Waals surface area (Å²) >= 11 is 5.60. The molecular formula is C8H9ClN4O2. The summed E-state index contributed by atoms with van der Waals surface area (Å²) in [5, 5.41) is 13.8. The number of carbonyl (C=O) groups is 1. The van der Waals surface area contributed by atoms with Crippen LogP contribution in [0.3, 0.4) is 0 Å². The van der Waals surface area contributed by atoms with Crippen molar-refractivity contribution in [3.05, 3.63) is 29.0 Å². The first-order valence-corrected chi connectivity index (χ1v) is 4.37. The summed E-state index contributed by atoms with van der Waals surface area (Å²) in [6.45, 7) is -0.0420. The van der Waals surface area contributed by atoms with E-state index in [1.165, 1.54) is 12.3 Å². The third-order valence-corrected chi connectivity index (χ3v) is 1.74. The Labute approximate surface area is 90.7 Å². The molecule has 1 aromatic rings. The molecule has 0 saturated heterocycles. The van der Waals surface area contributed by atoms with E-state index < -0.39 is 5.91 Å². The fraction of sp³-hybridized carbons (Fsp3) is 0.125. The van der Waals surface area contributed by atoms with E-state index in [0.717, 1.165) is 0 Å². The van der Waals surface area contributed by atoms with Crippen LogP contribution in [0.25, 0.3) is 0 Å². The normalized spacial score (nSPS) is 11.1. The van der Waals surface area contributed by atoms with Gasteiger partial charge in [0.2, 0.25) is 0 Å². The molecule has 0 bridgehead atoms. The zero-order chi connectivity index (χ0) is 11.3. The quantitative estimate of drug-likeness (QED) is 0.298. The van der Waals surface area contributed by atoms with Crippen molar-refractivity contribution in [3.63, 3.8) is 0 Å². The minimum absolute atomic E-state index is 0.0420. The van der Waals surface area contributed by atoms with Crippen LogP contribution in [-0.2, 0) is 0 Å². The smallest absolute Gasteiger partial charge is 0.270 e. The van der Waals surface area contributed by atoms with Gasteiger partial charge in [-0.15, -0.1) is 0 Å². The van der Waals surface area contributed by atoms with Crippen LogP contribution in [0.15, 0.2) is 23.5 Å². The number of hydrogen-bond acceptors (Lipinski definition) is 4. The van der Waals surface area contributed by atoms with E-state index in [9.17, 15) is 4.79 Å². The maximum atomic E-state index is 11.4. The second-order valence-electron chi connectivity index (χ2n) is 2.64. The van der Waals surface area contributed by atoms with E-state index in [4.69, 9.17) is 22.5 Å². The first-order valence-electron chi connectivity index (χ1n) is 3.99. The summed E-state index contributed by atoms with van der Waals surface area (Å²) in [4.78, 5) is 15.2. The largest absolute Gasteiger partial charge is 0.409 e. The highest BCUT2D eigenvalue weighted by Crippen LogP contribution is 2.05. The summed E-state index contributed by atoms with van der Waals surface area (Å²) in [6, 6.07) is 3.02. The first-order chi connectivity index (χ1) is 7.13. The Bertz CT molecular complexity index is 377. The molecule has 6 nitrogen and oxygen atoms in total. The fourth-order valence-electron chi connectivity index (χ4n) is 0.807. The molecule has 0 aliphatic rings. The van der Waals surface area contributed by atoms with E-state index in [0.29, 0.717) is 5.02 Å². The second-order valence-corrected chi connectivity index (χ2v) is 3.07. The lowest BCUT2D eigenvalue weighted by Gasteiger charge is -2.02. The van der Waals surface area contributed by atoms with Gasteiger partial charge in [0.1, 0.15) is 5.69 Å². The van der Waals surface area contributed by atoms with E-state index in [1.54, 1.807) is 6.07 Å². The van der Waals surface area contributed by atoms with Crippen molar-refractivity contribution in [3.8, 4) is 0 Å². The number of pyridine rings is 1. The maximum Gasteiger partial charge on any atom is 0.270 e. The maximum absolute atomic E-state index is 11.4. The molecular weight excluding hydrogens is 220 g/mol. The number of nitrogens with one attached hydrogen (secondary N) is 1. The number of nitrogens with zero attached hydrogens (tertiary/aromatic N) is 2. The Morgan fingerprint density at radius 3 is 2.93 bits per heavy atom. The molecule has 0 aromatic carbocycles. The van der Waals surface area contributed by atoms with Crippen LogP contribution in [-0.4, -0.2) is 28.5 Å². The minimum Gasteiger partial charge on any atom is -0.409 e. The number of amidine groups is 1. The van der Waals surface area contributed by atoms with E-state index in [2.05, 4.69) is 15.5 Å². The zero-order valence-electron chi connectivity index (χ0n) is 7.64. The average molecular weight is 229 g/mol. The second kappa shape index (κ2) is 5.16. The van der Waals surface area contributed by atoms with Crippen LogP contribution in [0.2, 0.25) is 5.02 Å². The van der Waals surface area contributed by atoms with Gasteiger partial charge in [0.15, 0.2) is 5.84 Å². The number of nitrogens with two attached hydrogens (primary N) is 1. The lowest BCUT2D eigenvalue weighted by Crippen LogP contribution is -2.33. The van der Waals surface area contributed by atoms with Crippen molar-refractivity contribution in [1.29, 1.82) is 0 Å². The Hall–Kier alpha value is -1.82. The summed E-state index contributed by atoms with van der Waals surface area (Å²) < 4.78 is 0. The monoisotopic (exact) mass is 228 g/mol. The van der Waals surface area contributed by atoms with Crippen LogP contribution in [0.4, 0.5) is 0 Å². The highest BCUT2D eigenvalue weighted by Gasteiger charge is 2.06. The summed E-state index contributed by atoms with van der Waals surface area (Å²) in [5.41, 5.74) is 5.38. The van der Waals surface area contributed by atoms with Crippen molar-refractivity contribution >= 4 is 23.3 Å². The van der Waals surface area contributed by atoms with E-state index >= 15 is 0 Å². The van der Waals surface area contributed by atoms with Gasteiger partial charge >= 0.3 is 0 Å². The molecule has 15 heavy (non-hydrogen) atoms. The molecule has 0 aliphatic carbocycles. The molecule has 0 saturated carbocycles. The topological polar surface area (TPSA) is 101 Å². The summed E-state index contributed by atoms with van der Waals surface area (Å²) in [7, 11) is 0. The van der Waals surface area contributed by atoms with Crippen LogP contribution in [0.5, 0.6) is 0 Å². The van der Waals surface area contributed by atoms with Gasteiger partial charge in [-0.25, -0.2) is 4.98 Å². The molecule has 7 heteroatoms. The number of carbonyl (C=O) groups excluding carboxylic acids is 1. The molecule has 0 aliphatic heterocycles. The van der Waals surface area contributed by atoms with Gasteiger partial charge in [-0.3, -0.25) is 4.79 Å². The van der Waals surface area contributed by atoms with Crippen molar-refractivity contribution in [1.82, 2.24) is 10.3 Å². The number of hydrogen-bond donors (Lipinski definition) is 3. The third kappa shape index (κ3) is 3.43. The number of amides is 1. The Kier molecular flexibility index (Phi) is 3.87. The third-order valence-electron chi connectivity index (χ3n) is 1.52. The molecule has 0 fully saturated rings. The predicted octanol–water partition coefficient (Wildman–Crippen LogP) is 0.211. The van der Waals surface area contributed by atoms with Crippen LogP contribution >= 0.6 is 11.6 Å². The van der Waals surface area contributed by atoms with Gasteiger partial charge in [-0.2, -0.15) is 0 Å². The molecule has 80 valence electrons. The zero-order valence-corrected chi connectivity index (χ0v) is 8.40. The van der Waals surface area contributed by atoms with Crippen molar-refractivity contribution in [2.45, 2.75) is 0 Å².